The molecule has 0 spiro atoms. The van der Waals surface area contributed by atoms with Gasteiger partial charge in [0.1, 0.15) is 17.6 Å². The normalized spacial score (nSPS) is 11.9. The molecule has 3 aromatic rings. The maximum absolute atomic E-state index is 12.5. The van der Waals surface area contributed by atoms with Gasteiger partial charge < -0.3 is 19.4 Å². The number of Topliss-reactive ketones (excluding diaryl/α,β-unsaturated/α-hetero) is 1. The minimum Gasteiger partial charge on any atom is -0.484 e. The van der Waals surface area contributed by atoms with E-state index in [0.717, 1.165) is 11.1 Å². The molecule has 0 aliphatic rings. The van der Waals surface area contributed by atoms with Crippen molar-refractivity contribution in [1.82, 2.24) is 20.4 Å². The van der Waals surface area contributed by atoms with Gasteiger partial charge in [0, 0.05) is 24.4 Å². The number of nitrogens with one attached hydrogen (secondary N) is 1. The third-order valence-electron chi connectivity index (χ3n) is 4.69. The summed E-state index contributed by atoms with van der Waals surface area (Å²) < 4.78 is 11.0. The van der Waals surface area contributed by atoms with Gasteiger partial charge in [0.2, 0.25) is 11.7 Å². The maximum atomic E-state index is 12.5. The molecule has 0 fully saturated rings. The van der Waals surface area contributed by atoms with Crippen LogP contribution in [0.4, 0.5) is 0 Å². The highest BCUT2D eigenvalue weighted by atomic mass is 16.5. The number of nitrogens with zero attached hydrogens (tertiary/aromatic N) is 3. The van der Waals surface area contributed by atoms with Crippen LogP contribution in [0.2, 0.25) is 0 Å². The highest BCUT2D eigenvalue weighted by molar-refractivity contribution is 5.78. The lowest BCUT2D eigenvalue weighted by Gasteiger charge is -2.18. The fourth-order valence-corrected chi connectivity index (χ4v) is 2.93. The van der Waals surface area contributed by atoms with Gasteiger partial charge in [-0.3, -0.25) is 9.78 Å². The molecule has 0 saturated heterocycles. The van der Waals surface area contributed by atoms with Crippen LogP contribution in [0.15, 0.2) is 53.3 Å². The topological polar surface area (TPSA) is 107 Å². The molecule has 1 atom stereocenters. The van der Waals surface area contributed by atoms with E-state index in [4.69, 9.17) is 9.26 Å². The van der Waals surface area contributed by atoms with E-state index >= 15 is 0 Å². The van der Waals surface area contributed by atoms with E-state index in [1.54, 1.807) is 43.6 Å². The molecule has 0 aliphatic carbocycles. The molecule has 1 amide bonds. The van der Waals surface area contributed by atoms with Crippen LogP contribution >= 0.6 is 0 Å². The lowest BCUT2D eigenvalue weighted by molar-refractivity contribution is -0.124. The van der Waals surface area contributed by atoms with Gasteiger partial charge in [-0.15, -0.1) is 0 Å². The fourth-order valence-electron chi connectivity index (χ4n) is 2.93. The number of hydrogen-bond donors (Lipinski definition) is 1. The van der Waals surface area contributed by atoms with E-state index in [1.807, 2.05) is 26.0 Å². The third-order valence-corrected chi connectivity index (χ3v) is 4.69. The number of aryl methyl sites for hydroxylation is 1. The van der Waals surface area contributed by atoms with Crippen molar-refractivity contribution in [1.29, 1.82) is 0 Å². The molecule has 1 unspecified atom stereocenters. The minimum atomic E-state index is -0.437. The first-order chi connectivity index (χ1) is 14.9. The molecule has 0 aliphatic heterocycles. The number of hydrogen-bond acceptors (Lipinski definition) is 7. The molecule has 162 valence electrons. The Morgan fingerprint density at radius 3 is 2.45 bits per heavy atom. The van der Waals surface area contributed by atoms with Crippen LogP contribution in [0.25, 0.3) is 11.4 Å². The first kappa shape index (κ1) is 22.1. The standard InChI is InChI=1S/C23H26N4O4/c1-15(2)21(23-26-22(27-31-23)18-10-12-24-13-11-18)25-20(29)14-30-19-8-6-17(7-9-19)5-4-16(3)28/h6-13,15,21H,4-5,14H2,1-3H3,(H,25,29). The summed E-state index contributed by atoms with van der Waals surface area (Å²) in [7, 11) is 0. The van der Waals surface area contributed by atoms with E-state index in [9.17, 15) is 9.59 Å². The van der Waals surface area contributed by atoms with Gasteiger partial charge in [0.15, 0.2) is 6.61 Å². The lowest BCUT2D eigenvalue weighted by atomic mass is 10.0. The largest absolute Gasteiger partial charge is 0.484 e. The van der Waals surface area contributed by atoms with Crippen LogP contribution in [0.5, 0.6) is 5.75 Å². The van der Waals surface area contributed by atoms with Crippen LogP contribution in [0.1, 0.15) is 44.7 Å². The molecular formula is C23H26N4O4. The molecule has 31 heavy (non-hydrogen) atoms. The van der Waals surface area contributed by atoms with Crippen LogP contribution < -0.4 is 10.1 Å². The number of benzene rings is 1. The van der Waals surface area contributed by atoms with Gasteiger partial charge in [0.25, 0.3) is 5.91 Å². The number of amides is 1. The van der Waals surface area contributed by atoms with Crippen molar-refractivity contribution in [2.45, 2.75) is 39.7 Å². The van der Waals surface area contributed by atoms with Gasteiger partial charge in [-0.2, -0.15) is 4.98 Å². The van der Waals surface area contributed by atoms with Crippen molar-refractivity contribution < 1.29 is 18.8 Å². The van der Waals surface area contributed by atoms with Crippen molar-refractivity contribution in [2.24, 2.45) is 5.92 Å². The van der Waals surface area contributed by atoms with E-state index in [-0.39, 0.29) is 24.2 Å². The average Bonchev–Trinajstić information content (AvgIpc) is 3.25. The molecule has 2 aromatic heterocycles. The SMILES string of the molecule is CC(=O)CCc1ccc(OCC(=O)NC(c2nc(-c3ccncc3)no2)C(C)C)cc1. The summed E-state index contributed by atoms with van der Waals surface area (Å²) in [5.74, 6) is 1.27. The summed E-state index contributed by atoms with van der Waals surface area (Å²) in [5, 5.41) is 6.91. The van der Waals surface area contributed by atoms with Crippen LogP contribution in [-0.4, -0.2) is 33.4 Å². The predicted molar refractivity (Wildman–Crippen MR) is 114 cm³/mol. The number of rotatable bonds is 10. The number of ether oxygens (including phenoxy) is 1. The van der Waals surface area contributed by atoms with Crippen molar-refractivity contribution >= 4 is 11.7 Å². The molecule has 1 N–H and O–H groups in total. The molecule has 8 nitrogen and oxygen atoms in total. The van der Waals surface area contributed by atoms with Crippen LogP contribution in [-0.2, 0) is 16.0 Å². The fraction of sp³-hybridized carbons (Fsp3) is 0.348. The highest BCUT2D eigenvalue weighted by Gasteiger charge is 2.25. The van der Waals surface area contributed by atoms with Gasteiger partial charge in [-0.1, -0.05) is 31.1 Å². The number of aromatic nitrogens is 3. The van der Waals surface area contributed by atoms with E-state index in [2.05, 4.69) is 20.4 Å². The van der Waals surface area contributed by atoms with Crippen molar-refractivity contribution in [3.63, 3.8) is 0 Å². The molecule has 1 aromatic carbocycles. The molecule has 8 heteroatoms. The highest BCUT2D eigenvalue weighted by Crippen LogP contribution is 2.23. The van der Waals surface area contributed by atoms with Crippen LogP contribution in [0, 0.1) is 5.92 Å². The summed E-state index contributed by atoms with van der Waals surface area (Å²) in [4.78, 5) is 31.9. The van der Waals surface area contributed by atoms with Gasteiger partial charge in [0.05, 0.1) is 0 Å². The quantitative estimate of drug-likeness (QED) is 0.532. The molecule has 2 heterocycles. The number of carbonyl (C=O) groups is 2. The second-order valence-corrected chi connectivity index (χ2v) is 7.62. The summed E-state index contributed by atoms with van der Waals surface area (Å²) >= 11 is 0. The Hall–Kier alpha value is -3.55. The molecule has 0 bridgehead atoms. The number of pyridine rings is 1. The zero-order valence-corrected chi connectivity index (χ0v) is 17.9. The zero-order chi connectivity index (χ0) is 22.2. The van der Waals surface area contributed by atoms with Gasteiger partial charge in [-0.25, -0.2) is 0 Å². The average molecular weight is 422 g/mol. The van der Waals surface area contributed by atoms with E-state index in [0.29, 0.717) is 30.3 Å². The Labute approximate surface area is 181 Å². The summed E-state index contributed by atoms with van der Waals surface area (Å²) in [5.41, 5.74) is 1.84. The van der Waals surface area contributed by atoms with Crippen molar-refractivity contribution in [3.8, 4) is 17.1 Å². The van der Waals surface area contributed by atoms with Crippen LogP contribution in [0.3, 0.4) is 0 Å². The zero-order valence-electron chi connectivity index (χ0n) is 17.9. The summed E-state index contributed by atoms with van der Waals surface area (Å²) in [6.45, 7) is 5.36. The van der Waals surface area contributed by atoms with E-state index in [1.165, 1.54) is 0 Å². The Bertz CT molecular complexity index is 1000. The lowest BCUT2D eigenvalue weighted by Crippen LogP contribution is -2.35. The monoisotopic (exact) mass is 422 g/mol. The molecule has 3 rings (SSSR count). The maximum Gasteiger partial charge on any atom is 0.258 e. The predicted octanol–water partition coefficient (Wildman–Crippen LogP) is 3.55. The Kier molecular flexibility index (Phi) is 7.48. The first-order valence-electron chi connectivity index (χ1n) is 10.2. The molecule has 0 saturated carbocycles. The van der Waals surface area contributed by atoms with Gasteiger partial charge in [-0.05, 0) is 49.1 Å². The van der Waals surface area contributed by atoms with Gasteiger partial charge >= 0.3 is 0 Å². The summed E-state index contributed by atoms with van der Waals surface area (Å²) in [6, 6.07) is 10.5. The number of ketones is 1. The summed E-state index contributed by atoms with van der Waals surface area (Å²) in [6.07, 6.45) is 4.51. The second kappa shape index (κ2) is 10.5. The Balaban J connectivity index is 1.56. The Morgan fingerprint density at radius 2 is 1.81 bits per heavy atom. The number of carbonyl (C=O) groups excluding carboxylic acids is 2. The molecular weight excluding hydrogens is 396 g/mol. The molecule has 0 radical (unpaired) electrons. The van der Waals surface area contributed by atoms with Crippen molar-refractivity contribution in [2.75, 3.05) is 6.61 Å². The second-order valence-electron chi connectivity index (χ2n) is 7.62. The minimum absolute atomic E-state index is 0.0373. The third kappa shape index (κ3) is 6.47. The Morgan fingerprint density at radius 1 is 1.10 bits per heavy atom. The smallest absolute Gasteiger partial charge is 0.258 e. The van der Waals surface area contributed by atoms with E-state index < -0.39 is 6.04 Å². The first-order valence-corrected chi connectivity index (χ1v) is 10.2. The van der Waals surface area contributed by atoms with Crippen molar-refractivity contribution in [3.05, 3.63) is 60.2 Å².